The predicted octanol–water partition coefficient (Wildman–Crippen LogP) is 3.01. The van der Waals surface area contributed by atoms with Gasteiger partial charge in [-0.2, -0.15) is 0 Å². The summed E-state index contributed by atoms with van der Waals surface area (Å²) in [5.41, 5.74) is 5.69. The summed E-state index contributed by atoms with van der Waals surface area (Å²) >= 11 is 10.2. The maximum Gasteiger partial charge on any atom is 0.0901 e. The molecule has 1 aromatic rings. The molecule has 0 spiro atoms. The molecule has 0 radical (unpaired) electrons. The zero-order valence-electron chi connectivity index (χ0n) is 8.87. The second-order valence-corrected chi connectivity index (χ2v) is 5.86. The molecule has 0 aromatic carbocycles. The summed E-state index contributed by atoms with van der Waals surface area (Å²) in [6.07, 6.45) is 0.957. The van der Waals surface area contributed by atoms with Crippen molar-refractivity contribution in [2.45, 2.75) is 25.9 Å². The zero-order chi connectivity index (χ0) is 11.4. The number of hydrogen-bond acceptors (Lipinski definition) is 3. The van der Waals surface area contributed by atoms with E-state index in [-0.39, 0.29) is 6.04 Å². The highest BCUT2D eigenvalue weighted by molar-refractivity contribution is 9.10. The van der Waals surface area contributed by atoms with E-state index in [9.17, 15) is 0 Å². The molecule has 1 rings (SSSR count). The molecule has 1 heterocycles. The topological polar surface area (TPSA) is 29.3 Å². The Bertz CT molecular complexity index is 338. The van der Waals surface area contributed by atoms with Crippen LogP contribution in [0.25, 0.3) is 0 Å². The minimum absolute atomic E-state index is 0.195. The fourth-order valence-electron chi connectivity index (χ4n) is 1.52. The van der Waals surface area contributed by atoms with Crippen molar-refractivity contribution >= 4 is 44.5 Å². The molecule has 0 saturated heterocycles. The molecule has 5 heteroatoms. The third-order valence-corrected chi connectivity index (χ3v) is 4.23. The van der Waals surface area contributed by atoms with Crippen molar-refractivity contribution in [1.82, 2.24) is 4.90 Å². The molecule has 0 aliphatic rings. The quantitative estimate of drug-likeness (QED) is 0.848. The SMILES string of the molecule is CCC(C(N)=S)N(C)Cc1cc(Br)cs1. The number of thiocarbonyl (C=S) groups is 1. The molecule has 0 saturated carbocycles. The van der Waals surface area contributed by atoms with Crippen LogP contribution in [0.15, 0.2) is 15.9 Å². The first kappa shape index (κ1) is 13.1. The predicted molar refractivity (Wildman–Crippen MR) is 74.4 cm³/mol. The molecular formula is C10H15BrN2S2. The fraction of sp³-hybridized carbons (Fsp3) is 0.500. The Hall–Kier alpha value is 0.0300. The average Bonchev–Trinajstić information content (AvgIpc) is 2.51. The van der Waals surface area contributed by atoms with Gasteiger partial charge in [-0.1, -0.05) is 19.1 Å². The minimum Gasteiger partial charge on any atom is -0.392 e. The monoisotopic (exact) mass is 306 g/mol. The summed E-state index contributed by atoms with van der Waals surface area (Å²) < 4.78 is 1.14. The summed E-state index contributed by atoms with van der Waals surface area (Å²) in [6.45, 7) is 3.00. The van der Waals surface area contributed by atoms with Gasteiger partial charge in [0.2, 0.25) is 0 Å². The van der Waals surface area contributed by atoms with Crippen LogP contribution in [0.5, 0.6) is 0 Å². The van der Waals surface area contributed by atoms with Crippen molar-refractivity contribution in [2.24, 2.45) is 5.73 Å². The van der Waals surface area contributed by atoms with Gasteiger partial charge in [0.15, 0.2) is 0 Å². The number of halogens is 1. The molecule has 2 N–H and O–H groups in total. The van der Waals surface area contributed by atoms with Gasteiger partial charge in [0.25, 0.3) is 0 Å². The second kappa shape index (κ2) is 5.94. The van der Waals surface area contributed by atoms with Gasteiger partial charge in [0.1, 0.15) is 0 Å². The molecular weight excluding hydrogens is 292 g/mol. The van der Waals surface area contributed by atoms with E-state index in [4.69, 9.17) is 18.0 Å². The molecule has 0 amide bonds. The Balaban J connectivity index is 2.61. The maximum atomic E-state index is 5.69. The first-order chi connectivity index (χ1) is 7.04. The first-order valence-corrected chi connectivity index (χ1v) is 6.85. The van der Waals surface area contributed by atoms with Gasteiger partial charge in [0.05, 0.1) is 11.0 Å². The number of thiophene rings is 1. The highest BCUT2D eigenvalue weighted by atomic mass is 79.9. The zero-order valence-corrected chi connectivity index (χ0v) is 12.1. The third-order valence-electron chi connectivity index (χ3n) is 2.27. The van der Waals surface area contributed by atoms with E-state index in [1.54, 1.807) is 11.3 Å². The molecule has 0 aliphatic heterocycles. The number of hydrogen-bond donors (Lipinski definition) is 1. The van der Waals surface area contributed by atoms with Crippen LogP contribution in [-0.2, 0) is 6.54 Å². The normalized spacial score (nSPS) is 13.1. The Morgan fingerprint density at radius 3 is 2.80 bits per heavy atom. The molecule has 2 nitrogen and oxygen atoms in total. The van der Waals surface area contributed by atoms with Crippen molar-refractivity contribution < 1.29 is 0 Å². The number of rotatable bonds is 5. The van der Waals surface area contributed by atoms with Gasteiger partial charge in [-0.05, 0) is 35.5 Å². The van der Waals surface area contributed by atoms with Gasteiger partial charge in [-0.3, -0.25) is 4.90 Å². The lowest BCUT2D eigenvalue weighted by atomic mass is 10.2. The molecule has 1 unspecified atom stereocenters. The average molecular weight is 307 g/mol. The molecule has 15 heavy (non-hydrogen) atoms. The van der Waals surface area contributed by atoms with E-state index in [0.29, 0.717) is 4.99 Å². The summed E-state index contributed by atoms with van der Waals surface area (Å²) in [5.74, 6) is 0. The van der Waals surface area contributed by atoms with E-state index in [1.807, 2.05) is 0 Å². The lowest BCUT2D eigenvalue weighted by Crippen LogP contribution is -2.40. The smallest absolute Gasteiger partial charge is 0.0901 e. The molecule has 0 fully saturated rings. The number of likely N-dealkylation sites (N-methyl/N-ethyl adjacent to an activating group) is 1. The van der Waals surface area contributed by atoms with Gasteiger partial charge in [0, 0.05) is 21.3 Å². The van der Waals surface area contributed by atoms with Crippen LogP contribution in [0.2, 0.25) is 0 Å². The largest absolute Gasteiger partial charge is 0.392 e. The van der Waals surface area contributed by atoms with E-state index >= 15 is 0 Å². The van der Waals surface area contributed by atoms with E-state index in [1.165, 1.54) is 4.88 Å². The van der Waals surface area contributed by atoms with Crippen LogP contribution in [0, 0.1) is 0 Å². The number of nitrogens with zero attached hydrogens (tertiary/aromatic N) is 1. The number of nitrogens with two attached hydrogens (primary N) is 1. The van der Waals surface area contributed by atoms with Gasteiger partial charge in [-0.25, -0.2) is 0 Å². The van der Waals surface area contributed by atoms with Crippen molar-refractivity contribution in [1.29, 1.82) is 0 Å². The summed E-state index contributed by atoms with van der Waals surface area (Å²) in [6, 6.07) is 2.33. The molecule has 0 aliphatic carbocycles. The van der Waals surface area contributed by atoms with Crippen LogP contribution in [0.3, 0.4) is 0 Å². The molecule has 0 bridgehead atoms. The third kappa shape index (κ3) is 3.83. The van der Waals surface area contributed by atoms with Gasteiger partial charge >= 0.3 is 0 Å². The van der Waals surface area contributed by atoms with Crippen molar-refractivity contribution in [3.63, 3.8) is 0 Å². The summed E-state index contributed by atoms with van der Waals surface area (Å²) in [4.78, 5) is 4.09. The molecule has 1 atom stereocenters. The van der Waals surface area contributed by atoms with E-state index < -0.39 is 0 Å². The van der Waals surface area contributed by atoms with E-state index in [2.05, 4.69) is 46.2 Å². The highest BCUT2D eigenvalue weighted by Crippen LogP contribution is 2.21. The Labute approximate surface area is 109 Å². The van der Waals surface area contributed by atoms with Crippen LogP contribution in [-0.4, -0.2) is 23.0 Å². The van der Waals surface area contributed by atoms with Crippen molar-refractivity contribution in [2.75, 3.05) is 7.05 Å². The lowest BCUT2D eigenvalue weighted by molar-refractivity contribution is 0.286. The van der Waals surface area contributed by atoms with Crippen LogP contribution >= 0.6 is 39.5 Å². The van der Waals surface area contributed by atoms with Crippen molar-refractivity contribution in [3.05, 3.63) is 20.8 Å². The van der Waals surface area contributed by atoms with Crippen LogP contribution < -0.4 is 5.73 Å². The Morgan fingerprint density at radius 1 is 1.73 bits per heavy atom. The Morgan fingerprint density at radius 2 is 2.40 bits per heavy atom. The van der Waals surface area contributed by atoms with Gasteiger partial charge < -0.3 is 5.73 Å². The summed E-state index contributed by atoms with van der Waals surface area (Å²) in [7, 11) is 2.06. The fourth-order valence-corrected chi connectivity index (χ4v) is 3.38. The van der Waals surface area contributed by atoms with Crippen LogP contribution in [0.4, 0.5) is 0 Å². The lowest BCUT2D eigenvalue weighted by Gasteiger charge is -2.25. The van der Waals surface area contributed by atoms with E-state index in [0.717, 1.165) is 17.4 Å². The first-order valence-electron chi connectivity index (χ1n) is 4.77. The van der Waals surface area contributed by atoms with Crippen molar-refractivity contribution in [3.8, 4) is 0 Å². The minimum atomic E-state index is 0.195. The Kier molecular flexibility index (Phi) is 5.18. The summed E-state index contributed by atoms with van der Waals surface area (Å²) in [5, 5.41) is 2.09. The maximum absolute atomic E-state index is 5.69. The molecule has 1 aromatic heterocycles. The molecule has 84 valence electrons. The standard InChI is InChI=1S/C10H15BrN2S2/c1-3-9(10(12)14)13(2)5-8-4-7(11)6-15-8/h4,6,9H,3,5H2,1-2H3,(H2,12,14). The second-order valence-electron chi connectivity index (χ2n) is 3.47. The highest BCUT2D eigenvalue weighted by Gasteiger charge is 2.15. The van der Waals surface area contributed by atoms with Gasteiger partial charge in [-0.15, -0.1) is 11.3 Å². The van der Waals surface area contributed by atoms with Crippen LogP contribution in [0.1, 0.15) is 18.2 Å².